The van der Waals surface area contributed by atoms with Crippen LogP contribution >= 0.6 is 11.3 Å². The zero-order valence-electron chi connectivity index (χ0n) is 11.3. The largest absolute Gasteiger partial charge is 0.382 e. The fraction of sp³-hybridized carbons (Fsp3) is 0.667. The van der Waals surface area contributed by atoms with Crippen molar-refractivity contribution in [3.8, 4) is 0 Å². The van der Waals surface area contributed by atoms with Crippen LogP contribution < -0.4 is 11.1 Å². The monoisotopic (exact) mass is 287 g/mol. The van der Waals surface area contributed by atoms with Crippen molar-refractivity contribution < 1.29 is 14.3 Å². The molecule has 0 bridgehead atoms. The summed E-state index contributed by atoms with van der Waals surface area (Å²) < 4.78 is 10.1. The molecule has 0 radical (unpaired) electrons. The minimum atomic E-state index is -0.167. The number of rotatable bonds is 9. The van der Waals surface area contributed by atoms with Gasteiger partial charge in [0.25, 0.3) is 5.91 Å². The second-order valence-electron chi connectivity index (χ2n) is 4.07. The highest BCUT2D eigenvalue weighted by atomic mass is 32.1. The molecule has 0 aliphatic rings. The highest BCUT2D eigenvalue weighted by Gasteiger charge is 2.11. The first-order valence-electron chi connectivity index (χ1n) is 6.21. The molecule has 0 aliphatic carbocycles. The summed E-state index contributed by atoms with van der Waals surface area (Å²) in [5.41, 5.74) is 6.12. The number of thiazole rings is 1. The van der Waals surface area contributed by atoms with Crippen molar-refractivity contribution >= 4 is 17.2 Å². The summed E-state index contributed by atoms with van der Waals surface area (Å²) in [7, 11) is 1.63. The molecule has 0 spiro atoms. The van der Waals surface area contributed by atoms with Gasteiger partial charge >= 0.3 is 0 Å². The second kappa shape index (κ2) is 8.98. The summed E-state index contributed by atoms with van der Waals surface area (Å²) in [5, 5.41) is 5.29. The molecule has 0 fully saturated rings. The summed E-state index contributed by atoms with van der Waals surface area (Å²) >= 11 is 1.40. The van der Waals surface area contributed by atoms with E-state index in [1.54, 1.807) is 12.5 Å². The number of hydrogen-bond acceptors (Lipinski definition) is 6. The van der Waals surface area contributed by atoms with Crippen molar-refractivity contribution in [2.24, 2.45) is 5.73 Å². The molecule has 19 heavy (non-hydrogen) atoms. The lowest BCUT2D eigenvalue weighted by molar-refractivity contribution is 0.0688. The third-order valence-corrected chi connectivity index (χ3v) is 3.37. The molecule has 1 rings (SSSR count). The fourth-order valence-corrected chi connectivity index (χ4v) is 2.07. The predicted octanol–water partition coefficient (Wildman–Crippen LogP) is 0.946. The van der Waals surface area contributed by atoms with E-state index < -0.39 is 0 Å². The lowest BCUT2D eigenvalue weighted by atomic mass is 10.3. The van der Waals surface area contributed by atoms with Gasteiger partial charge in [-0.1, -0.05) is 0 Å². The van der Waals surface area contributed by atoms with Crippen LogP contribution in [0.2, 0.25) is 0 Å². The lowest BCUT2D eigenvalue weighted by Gasteiger charge is -2.04. The normalized spacial score (nSPS) is 12.4. The van der Waals surface area contributed by atoms with Crippen molar-refractivity contribution in [2.45, 2.75) is 19.4 Å². The van der Waals surface area contributed by atoms with E-state index in [1.807, 2.05) is 6.92 Å². The third kappa shape index (κ3) is 6.11. The highest BCUT2D eigenvalue weighted by molar-refractivity contribution is 7.09. The molecule has 0 aromatic carbocycles. The summed E-state index contributed by atoms with van der Waals surface area (Å²) in [5.74, 6) is -0.167. The zero-order chi connectivity index (χ0) is 14.1. The first kappa shape index (κ1) is 16.0. The average Bonchev–Trinajstić information content (AvgIpc) is 2.87. The average molecular weight is 287 g/mol. The Kier molecular flexibility index (Phi) is 7.57. The topological polar surface area (TPSA) is 86.5 Å². The maximum absolute atomic E-state index is 11.7. The van der Waals surface area contributed by atoms with Crippen LogP contribution in [0.3, 0.4) is 0 Å². The van der Waals surface area contributed by atoms with Crippen LogP contribution in [0.4, 0.5) is 0 Å². The van der Waals surface area contributed by atoms with E-state index in [0.717, 1.165) is 11.4 Å². The molecule has 6 nitrogen and oxygen atoms in total. The lowest BCUT2D eigenvalue weighted by Crippen LogP contribution is -2.25. The molecule has 108 valence electrons. The van der Waals surface area contributed by atoms with Crippen molar-refractivity contribution in [2.75, 3.05) is 33.5 Å². The summed E-state index contributed by atoms with van der Waals surface area (Å²) in [6.45, 7) is 4.18. The number of hydrogen-bond donors (Lipinski definition) is 2. The molecule has 0 aliphatic heterocycles. The molecule has 0 saturated carbocycles. The van der Waals surface area contributed by atoms with Crippen LogP contribution in [0.15, 0.2) is 5.38 Å². The Bertz CT molecular complexity index is 382. The molecule has 1 atom stereocenters. The van der Waals surface area contributed by atoms with Gasteiger partial charge in [-0.25, -0.2) is 4.98 Å². The van der Waals surface area contributed by atoms with Gasteiger partial charge in [-0.2, -0.15) is 0 Å². The standard InChI is InChI=1S/C12H21N3O3S/c1-9(13)12-15-10(8-19-12)11(16)14-4-3-5-18-7-6-17-2/h8-9H,3-7,13H2,1-2H3,(H,14,16). The van der Waals surface area contributed by atoms with Gasteiger partial charge in [0.2, 0.25) is 0 Å². The number of nitrogens with two attached hydrogens (primary N) is 1. The second-order valence-corrected chi connectivity index (χ2v) is 4.96. The SMILES string of the molecule is COCCOCCCNC(=O)c1csc(C(C)N)n1. The van der Waals surface area contributed by atoms with E-state index >= 15 is 0 Å². The van der Waals surface area contributed by atoms with E-state index in [-0.39, 0.29) is 11.9 Å². The Balaban J connectivity index is 2.16. The number of nitrogens with one attached hydrogen (secondary N) is 1. The van der Waals surface area contributed by atoms with Crippen LogP contribution in [0.25, 0.3) is 0 Å². The molecule has 7 heteroatoms. The van der Waals surface area contributed by atoms with Crippen molar-refractivity contribution in [3.63, 3.8) is 0 Å². The van der Waals surface area contributed by atoms with Gasteiger partial charge in [-0.3, -0.25) is 4.79 Å². The fourth-order valence-electron chi connectivity index (χ4n) is 1.31. The number of amides is 1. The van der Waals surface area contributed by atoms with E-state index in [9.17, 15) is 4.79 Å². The number of aromatic nitrogens is 1. The minimum absolute atomic E-state index is 0.138. The molecule has 0 saturated heterocycles. The summed E-state index contributed by atoms with van der Waals surface area (Å²) in [4.78, 5) is 15.9. The van der Waals surface area contributed by atoms with E-state index in [1.165, 1.54) is 11.3 Å². The van der Waals surface area contributed by atoms with Crippen LogP contribution in [0.1, 0.15) is 34.9 Å². The van der Waals surface area contributed by atoms with Crippen LogP contribution in [-0.4, -0.2) is 44.4 Å². The smallest absolute Gasteiger partial charge is 0.270 e. The number of carbonyl (C=O) groups is 1. The number of nitrogens with zero attached hydrogens (tertiary/aromatic N) is 1. The van der Waals surface area contributed by atoms with Gasteiger partial charge in [0.1, 0.15) is 10.7 Å². The Hall–Kier alpha value is -1.02. The van der Waals surface area contributed by atoms with Crippen LogP contribution in [-0.2, 0) is 9.47 Å². The number of methoxy groups -OCH3 is 1. The third-order valence-electron chi connectivity index (χ3n) is 2.33. The molecule has 1 unspecified atom stereocenters. The summed E-state index contributed by atoms with van der Waals surface area (Å²) in [6.07, 6.45) is 0.764. The minimum Gasteiger partial charge on any atom is -0.382 e. The number of ether oxygens (including phenoxy) is 2. The molecule has 1 aromatic heterocycles. The maximum atomic E-state index is 11.7. The Morgan fingerprint density at radius 3 is 2.95 bits per heavy atom. The Morgan fingerprint density at radius 2 is 2.32 bits per heavy atom. The molecule has 3 N–H and O–H groups in total. The van der Waals surface area contributed by atoms with Gasteiger partial charge in [0, 0.05) is 25.6 Å². The van der Waals surface area contributed by atoms with Crippen molar-refractivity contribution in [1.29, 1.82) is 0 Å². The molecule has 1 aromatic rings. The first-order valence-corrected chi connectivity index (χ1v) is 7.09. The Morgan fingerprint density at radius 1 is 1.53 bits per heavy atom. The summed E-state index contributed by atoms with van der Waals surface area (Å²) in [6, 6.07) is -0.138. The molecule has 1 heterocycles. The van der Waals surface area contributed by atoms with Gasteiger partial charge in [0.05, 0.1) is 19.3 Å². The van der Waals surface area contributed by atoms with Gasteiger partial charge in [-0.15, -0.1) is 11.3 Å². The molecular weight excluding hydrogens is 266 g/mol. The first-order chi connectivity index (χ1) is 9.15. The van der Waals surface area contributed by atoms with E-state index in [4.69, 9.17) is 15.2 Å². The predicted molar refractivity (Wildman–Crippen MR) is 74.4 cm³/mol. The zero-order valence-corrected chi connectivity index (χ0v) is 12.2. The molecular formula is C12H21N3O3S. The van der Waals surface area contributed by atoms with E-state index in [2.05, 4.69) is 10.3 Å². The maximum Gasteiger partial charge on any atom is 0.270 e. The van der Waals surface area contributed by atoms with Gasteiger partial charge in [-0.05, 0) is 13.3 Å². The quantitative estimate of drug-likeness (QED) is 0.660. The van der Waals surface area contributed by atoms with Crippen LogP contribution in [0, 0.1) is 0 Å². The number of carbonyl (C=O) groups excluding carboxylic acids is 1. The van der Waals surface area contributed by atoms with Crippen molar-refractivity contribution in [1.82, 2.24) is 10.3 Å². The van der Waals surface area contributed by atoms with Crippen LogP contribution in [0.5, 0.6) is 0 Å². The van der Waals surface area contributed by atoms with Crippen molar-refractivity contribution in [3.05, 3.63) is 16.1 Å². The van der Waals surface area contributed by atoms with Gasteiger partial charge < -0.3 is 20.5 Å². The highest BCUT2D eigenvalue weighted by Crippen LogP contribution is 2.15. The van der Waals surface area contributed by atoms with E-state index in [0.29, 0.717) is 32.1 Å². The Labute approximate surface area is 117 Å². The van der Waals surface area contributed by atoms with Gasteiger partial charge in [0.15, 0.2) is 0 Å². The molecule has 1 amide bonds.